The Morgan fingerprint density at radius 1 is 1.50 bits per heavy atom. The summed E-state index contributed by atoms with van der Waals surface area (Å²) in [4.78, 5) is 2.41. The number of hydrogen-bond donors (Lipinski definition) is 1. The molecule has 0 spiro atoms. The maximum absolute atomic E-state index is 6.26. The van der Waals surface area contributed by atoms with E-state index >= 15 is 0 Å². The third kappa shape index (κ3) is 4.58. The summed E-state index contributed by atoms with van der Waals surface area (Å²) >= 11 is 9.75. The smallest absolute Gasteiger partial charge is 0.0599 e. The SMILES string of the molecule is COC1CCN(Cc2cc(Br)ccc2Cl)C(CN)C1.Cl. The number of ether oxygens (including phenoxy) is 1. The second-order valence-electron chi connectivity index (χ2n) is 4.98. The predicted molar refractivity (Wildman–Crippen MR) is 89.7 cm³/mol. The summed E-state index contributed by atoms with van der Waals surface area (Å²) in [6.45, 7) is 2.51. The van der Waals surface area contributed by atoms with Crippen LogP contribution in [-0.4, -0.2) is 37.2 Å². The van der Waals surface area contributed by atoms with Crippen molar-refractivity contribution in [1.29, 1.82) is 0 Å². The molecule has 0 saturated carbocycles. The molecule has 2 atom stereocenters. The van der Waals surface area contributed by atoms with Gasteiger partial charge in [0.2, 0.25) is 0 Å². The van der Waals surface area contributed by atoms with E-state index in [0.29, 0.717) is 18.7 Å². The van der Waals surface area contributed by atoms with E-state index in [1.54, 1.807) is 7.11 Å². The van der Waals surface area contributed by atoms with Gasteiger partial charge in [-0.3, -0.25) is 4.90 Å². The highest BCUT2D eigenvalue weighted by Gasteiger charge is 2.27. The lowest BCUT2D eigenvalue weighted by molar-refractivity contribution is 0.0102. The molecule has 6 heteroatoms. The Balaban J connectivity index is 0.00000200. The van der Waals surface area contributed by atoms with Crippen LogP contribution in [0.4, 0.5) is 0 Å². The first-order valence-electron chi connectivity index (χ1n) is 6.55. The molecule has 1 aromatic carbocycles. The van der Waals surface area contributed by atoms with E-state index in [1.165, 1.54) is 0 Å². The van der Waals surface area contributed by atoms with Crippen LogP contribution in [-0.2, 0) is 11.3 Å². The number of benzene rings is 1. The van der Waals surface area contributed by atoms with E-state index in [4.69, 9.17) is 22.1 Å². The molecule has 2 rings (SSSR count). The number of likely N-dealkylation sites (tertiary alicyclic amines) is 1. The number of nitrogens with two attached hydrogens (primary N) is 1. The van der Waals surface area contributed by atoms with Crippen LogP contribution in [0.3, 0.4) is 0 Å². The van der Waals surface area contributed by atoms with Crippen molar-refractivity contribution < 1.29 is 4.74 Å². The van der Waals surface area contributed by atoms with Crippen LogP contribution in [0.25, 0.3) is 0 Å². The first kappa shape index (κ1) is 18.2. The van der Waals surface area contributed by atoms with Gasteiger partial charge in [-0.1, -0.05) is 27.5 Å². The molecule has 3 nitrogen and oxygen atoms in total. The van der Waals surface area contributed by atoms with Gasteiger partial charge in [-0.05, 0) is 36.6 Å². The molecule has 2 unspecified atom stereocenters. The van der Waals surface area contributed by atoms with Gasteiger partial charge in [0.1, 0.15) is 0 Å². The zero-order chi connectivity index (χ0) is 13.8. The summed E-state index contributed by atoms with van der Waals surface area (Å²) in [6.07, 6.45) is 2.39. The fourth-order valence-electron chi connectivity index (χ4n) is 2.61. The molecule has 1 aliphatic rings. The zero-order valence-electron chi connectivity index (χ0n) is 11.5. The van der Waals surface area contributed by atoms with Gasteiger partial charge in [-0.15, -0.1) is 12.4 Å². The van der Waals surface area contributed by atoms with Crippen molar-refractivity contribution in [2.24, 2.45) is 5.73 Å². The third-order valence-corrected chi connectivity index (χ3v) is 4.64. The summed E-state index contributed by atoms with van der Waals surface area (Å²) in [7, 11) is 1.78. The number of methoxy groups -OCH3 is 1. The minimum Gasteiger partial charge on any atom is -0.381 e. The molecule has 1 saturated heterocycles. The van der Waals surface area contributed by atoms with Crippen LogP contribution in [0.5, 0.6) is 0 Å². The highest BCUT2D eigenvalue weighted by molar-refractivity contribution is 9.10. The van der Waals surface area contributed by atoms with Crippen molar-refractivity contribution in [2.45, 2.75) is 31.5 Å². The molecule has 0 amide bonds. The Kier molecular flexibility index (Phi) is 7.80. The molecule has 20 heavy (non-hydrogen) atoms. The summed E-state index contributed by atoms with van der Waals surface area (Å²) in [5.41, 5.74) is 7.04. The number of hydrogen-bond acceptors (Lipinski definition) is 3. The van der Waals surface area contributed by atoms with Gasteiger partial charge >= 0.3 is 0 Å². The Morgan fingerprint density at radius 2 is 2.25 bits per heavy atom. The normalized spacial score (nSPS) is 23.4. The molecule has 0 aliphatic carbocycles. The molecule has 1 aromatic rings. The fraction of sp³-hybridized carbons (Fsp3) is 0.571. The monoisotopic (exact) mass is 382 g/mol. The molecular weight excluding hydrogens is 363 g/mol. The van der Waals surface area contributed by atoms with E-state index in [2.05, 4.69) is 26.9 Å². The highest BCUT2D eigenvalue weighted by Crippen LogP contribution is 2.26. The van der Waals surface area contributed by atoms with Gasteiger partial charge in [0, 0.05) is 42.3 Å². The van der Waals surface area contributed by atoms with Crippen molar-refractivity contribution in [3.63, 3.8) is 0 Å². The van der Waals surface area contributed by atoms with Crippen molar-refractivity contribution in [3.05, 3.63) is 33.3 Å². The first-order valence-corrected chi connectivity index (χ1v) is 7.72. The maximum Gasteiger partial charge on any atom is 0.0599 e. The average Bonchev–Trinajstić information content (AvgIpc) is 2.43. The van der Waals surface area contributed by atoms with Crippen molar-refractivity contribution >= 4 is 39.9 Å². The number of halogens is 3. The summed E-state index contributed by atoms with van der Waals surface area (Å²) in [5, 5.41) is 0.813. The molecule has 1 fully saturated rings. The van der Waals surface area contributed by atoms with Crippen LogP contribution in [0.1, 0.15) is 18.4 Å². The van der Waals surface area contributed by atoms with Gasteiger partial charge < -0.3 is 10.5 Å². The van der Waals surface area contributed by atoms with Gasteiger partial charge in [0.05, 0.1) is 6.10 Å². The van der Waals surface area contributed by atoms with Crippen molar-refractivity contribution in [3.8, 4) is 0 Å². The van der Waals surface area contributed by atoms with Gasteiger partial charge in [-0.25, -0.2) is 0 Å². The minimum absolute atomic E-state index is 0. The average molecular weight is 384 g/mol. The van der Waals surface area contributed by atoms with Crippen molar-refractivity contribution in [1.82, 2.24) is 4.90 Å². The third-order valence-electron chi connectivity index (χ3n) is 3.78. The van der Waals surface area contributed by atoms with Gasteiger partial charge in [0.15, 0.2) is 0 Å². The largest absolute Gasteiger partial charge is 0.381 e. The molecule has 1 heterocycles. The molecule has 0 aromatic heterocycles. The number of nitrogens with zero attached hydrogens (tertiary/aromatic N) is 1. The number of piperidine rings is 1. The summed E-state index contributed by atoms with van der Waals surface area (Å²) in [6, 6.07) is 6.34. The van der Waals surface area contributed by atoms with Gasteiger partial charge in [-0.2, -0.15) is 0 Å². The van der Waals surface area contributed by atoms with E-state index < -0.39 is 0 Å². The maximum atomic E-state index is 6.26. The second-order valence-corrected chi connectivity index (χ2v) is 6.30. The zero-order valence-corrected chi connectivity index (χ0v) is 14.7. The molecular formula is C14H21BrCl2N2O. The molecule has 114 valence electrons. The lowest BCUT2D eigenvalue weighted by Crippen LogP contribution is -2.48. The molecule has 0 bridgehead atoms. The standard InChI is InChI=1S/C14H20BrClN2O.ClH/c1-19-13-4-5-18(12(7-13)8-17)9-10-6-11(15)2-3-14(10)16;/h2-3,6,12-13H,4-5,7-9,17H2,1H3;1H. The lowest BCUT2D eigenvalue weighted by Gasteiger charge is -2.38. The molecule has 1 aliphatic heterocycles. The molecule has 2 N–H and O–H groups in total. The number of rotatable bonds is 4. The van der Waals surface area contributed by atoms with Gasteiger partial charge in [0.25, 0.3) is 0 Å². The van der Waals surface area contributed by atoms with Crippen LogP contribution >= 0.6 is 39.9 Å². The second kappa shape index (κ2) is 8.57. The van der Waals surface area contributed by atoms with E-state index in [0.717, 1.165) is 41.0 Å². The highest BCUT2D eigenvalue weighted by atomic mass is 79.9. The topological polar surface area (TPSA) is 38.5 Å². The fourth-order valence-corrected chi connectivity index (χ4v) is 3.20. The lowest BCUT2D eigenvalue weighted by atomic mass is 9.98. The van der Waals surface area contributed by atoms with Crippen LogP contribution in [0.15, 0.2) is 22.7 Å². The minimum atomic E-state index is 0. The Morgan fingerprint density at radius 3 is 2.90 bits per heavy atom. The van der Waals surface area contributed by atoms with E-state index in [-0.39, 0.29) is 12.4 Å². The van der Waals surface area contributed by atoms with Crippen LogP contribution in [0, 0.1) is 0 Å². The summed E-state index contributed by atoms with van der Waals surface area (Å²) in [5.74, 6) is 0. The summed E-state index contributed by atoms with van der Waals surface area (Å²) < 4.78 is 6.51. The Hall–Kier alpha value is 0.160. The Labute approximate surface area is 140 Å². The molecule has 0 radical (unpaired) electrons. The quantitative estimate of drug-likeness (QED) is 0.865. The predicted octanol–water partition coefficient (Wildman–Crippen LogP) is 3.46. The Bertz CT molecular complexity index is 434. The van der Waals surface area contributed by atoms with E-state index in [9.17, 15) is 0 Å². The van der Waals surface area contributed by atoms with E-state index in [1.807, 2.05) is 12.1 Å². The van der Waals surface area contributed by atoms with Crippen molar-refractivity contribution in [2.75, 3.05) is 20.2 Å². The first-order chi connectivity index (χ1) is 9.13. The van der Waals surface area contributed by atoms with Crippen LogP contribution < -0.4 is 5.73 Å². The van der Waals surface area contributed by atoms with Crippen LogP contribution in [0.2, 0.25) is 5.02 Å².